The summed E-state index contributed by atoms with van der Waals surface area (Å²) in [6, 6.07) is 0. The molecule has 78 valence electrons. The van der Waals surface area contributed by atoms with Crippen LogP contribution in [0.3, 0.4) is 0 Å². The van der Waals surface area contributed by atoms with Crippen molar-refractivity contribution in [3.63, 3.8) is 0 Å². The van der Waals surface area contributed by atoms with Crippen molar-refractivity contribution in [2.75, 3.05) is 13.2 Å². The van der Waals surface area contributed by atoms with Gasteiger partial charge in [0.2, 0.25) is 0 Å². The molecule has 2 heteroatoms. The first-order valence-corrected chi connectivity index (χ1v) is 5.45. The molecular weight excluding hydrogens is 164 g/mol. The molecular formula is C11H22O2. The first kappa shape index (κ1) is 11.0. The molecule has 1 rings (SSSR count). The van der Waals surface area contributed by atoms with E-state index in [0.717, 1.165) is 12.8 Å². The largest absolute Gasteiger partial charge is 0.390 e. The molecule has 1 fully saturated rings. The highest BCUT2D eigenvalue weighted by Crippen LogP contribution is 2.38. The maximum absolute atomic E-state index is 9.94. The van der Waals surface area contributed by atoms with Crippen LogP contribution >= 0.6 is 0 Å². The zero-order valence-electron chi connectivity index (χ0n) is 8.88. The Bertz CT molecular complexity index is 139. The number of aliphatic hydroxyl groups excluding tert-OH is 1. The summed E-state index contributed by atoms with van der Waals surface area (Å²) in [4.78, 5) is 0. The number of aliphatic hydroxyl groups is 1. The van der Waals surface area contributed by atoms with Gasteiger partial charge in [-0.3, -0.25) is 0 Å². The Labute approximate surface area is 81.3 Å². The molecule has 1 saturated carbocycles. The average molecular weight is 186 g/mol. The van der Waals surface area contributed by atoms with Crippen molar-refractivity contribution >= 4 is 0 Å². The van der Waals surface area contributed by atoms with Crippen LogP contribution in [0.15, 0.2) is 0 Å². The van der Waals surface area contributed by atoms with Crippen LogP contribution in [-0.2, 0) is 4.74 Å². The predicted molar refractivity (Wildman–Crippen MR) is 53.7 cm³/mol. The van der Waals surface area contributed by atoms with Gasteiger partial charge in [0.05, 0.1) is 12.7 Å². The van der Waals surface area contributed by atoms with Gasteiger partial charge in [0.15, 0.2) is 0 Å². The quantitative estimate of drug-likeness (QED) is 0.730. The molecule has 0 amide bonds. The van der Waals surface area contributed by atoms with Gasteiger partial charge in [-0.15, -0.1) is 0 Å². The lowest BCUT2D eigenvalue weighted by atomic mass is 9.72. The molecule has 2 nitrogen and oxygen atoms in total. The predicted octanol–water partition coefficient (Wildman–Crippen LogP) is 2.35. The van der Waals surface area contributed by atoms with Gasteiger partial charge in [-0.05, 0) is 25.2 Å². The summed E-state index contributed by atoms with van der Waals surface area (Å²) in [7, 11) is 0. The number of rotatable bonds is 4. The standard InChI is InChI=1S/C11H22O2/c1-3-13-9-10(12)11(2)7-5-4-6-8-11/h10,12H,3-9H2,1-2H3. The van der Waals surface area contributed by atoms with E-state index in [-0.39, 0.29) is 11.5 Å². The van der Waals surface area contributed by atoms with Gasteiger partial charge in [-0.2, -0.15) is 0 Å². The van der Waals surface area contributed by atoms with E-state index in [0.29, 0.717) is 13.2 Å². The molecule has 1 aliphatic rings. The third-order valence-corrected chi connectivity index (χ3v) is 3.28. The minimum atomic E-state index is -0.271. The van der Waals surface area contributed by atoms with E-state index in [9.17, 15) is 5.11 Å². The third kappa shape index (κ3) is 2.96. The van der Waals surface area contributed by atoms with Crippen LogP contribution in [0.25, 0.3) is 0 Å². The third-order valence-electron chi connectivity index (χ3n) is 3.28. The summed E-state index contributed by atoms with van der Waals surface area (Å²) < 4.78 is 5.26. The molecule has 1 aliphatic carbocycles. The van der Waals surface area contributed by atoms with Gasteiger partial charge in [0.1, 0.15) is 0 Å². The van der Waals surface area contributed by atoms with E-state index in [4.69, 9.17) is 4.74 Å². The Morgan fingerprint density at radius 2 is 1.92 bits per heavy atom. The normalized spacial score (nSPS) is 24.2. The summed E-state index contributed by atoms with van der Waals surface area (Å²) >= 11 is 0. The van der Waals surface area contributed by atoms with Crippen LogP contribution in [0, 0.1) is 5.41 Å². The van der Waals surface area contributed by atoms with E-state index in [1.54, 1.807) is 0 Å². The van der Waals surface area contributed by atoms with Crippen molar-refractivity contribution in [1.82, 2.24) is 0 Å². The second kappa shape index (κ2) is 4.97. The molecule has 0 aromatic carbocycles. The van der Waals surface area contributed by atoms with Crippen LogP contribution in [0.4, 0.5) is 0 Å². The maximum Gasteiger partial charge on any atom is 0.0827 e. The van der Waals surface area contributed by atoms with E-state index in [2.05, 4.69) is 6.92 Å². The van der Waals surface area contributed by atoms with Crippen LogP contribution in [0.5, 0.6) is 0 Å². The lowest BCUT2D eigenvalue weighted by Crippen LogP contribution is -2.37. The fourth-order valence-electron chi connectivity index (χ4n) is 2.12. The summed E-state index contributed by atoms with van der Waals surface area (Å²) in [5.41, 5.74) is 0.118. The fraction of sp³-hybridized carbons (Fsp3) is 1.00. The number of hydrogen-bond acceptors (Lipinski definition) is 2. The van der Waals surface area contributed by atoms with E-state index < -0.39 is 0 Å². The summed E-state index contributed by atoms with van der Waals surface area (Å²) in [5.74, 6) is 0. The van der Waals surface area contributed by atoms with Gasteiger partial charge in [-0.25, -0.2) is 0 Å². The van der Waals surface area contributed by atoms with E-state index >= 15 is 0 Å². The topological polar surface area (TPSA) is 29.5 Å². The molecule has 0 aromatic heterocycles. The second-order valence-electron chi connectivity index (χ2n) is 4.39. The Balaban J connectivity index is 2.37. The second-order valence-corrected chi connectivity index (χ2v) is 4.39. The molecule has 0 saturated heterocycles. The Hall–Kier alpha value is -0.0800. The van der Waals surface area contributed by atoms with Crippen molar-refractivity contribution in [3.05, 3.63) is 0 Å². The van der Waals surface area contributed by atoms with Gasteiger partial charge in [0.25, 0.3) is 0 Å². The average Bonchev–Trinajstić information content (AvgIpc) is 2.15. The molecule has 0 spiro atoms. The van der Waals surface area contributed by atoms with Crippen molar-refractivity contribution in [2.45, 2.75) is 52.1 Å². The van der Waals surface area contributed by atoms with E-state index in [1.807, 2.05) is 6.92 Å². The molecule has 13 heavy (non-hydrogen) atoms. The maximum atomic E-state index is 9.94. The molecule has 0 bridgehead atoms. The SMILES string of the molecule is CCOCC(O)C1(C)CCCCC1. The number of hydrogen-bond donors (Lipinski definition) is 1. The highest BCUT2D eigenvalue weighted by Gasteiger charge is 2.34. The summed E-state index contributed by atoms with van der Waals surface area (Å²) in [6.45, 7) is 5.37. The van der Waals surface area contributed by atoms with Gasteiger partial charge >= 0.3 is 0 Å². The molecule has 0 aromatic rings. The van der Waals surface area contributed by atoms with Crippen LogP contribution in [-0.4, -0.2) is 24.4 Å². The molecule has 0 aliphatic heterocycles. The van der Waals surface area contributed by atoms with Crippen molar-refractivity contribution in [2.24, 2.45) is 5.41 Å². The Morgan fingerprint density at radius 1 is 1.31 bits per heavy atom. The van der Waals surface area contributed by atoms with Crippen molar-refractivity contribution < 1.29 is 9.84 Å². The summed E-state index contributed by atoms with van der Waals surface area (Å²) in [6.07, 6.45) is 5.89. The Kier molecular flexibility index (Phi) is 4.20. The minimum Gasteiger partial charge on any atom is -0.390 e. The first-order chi connectivity index (χ1) is 6.19. The zero-order valence-corrected chi connectivity index (χ0v) is 8.88. The summed E-state index contributed by atoms with van der Waals surface area (Å²) in [5, 5.41) is 9.94. The lowest BCUT2D eigenvalue weighted by molar-refractivity contribution is -0.0476. The fourth-order valence-corrected chi connectivity index (χ4v) is 2.12. The molecule has 1 N–H and O–H groups in total. The molecule has 0 heterocycles. The molecule has 1 unspecified atom stereocenters. The van der Waals surface area contributed by atoms with Gasteiger partial charge < -0.3 is 9.84 Å². The van der Waals surface area contributed by atoms with Crippen molar-refractivity contribution in [1.29, 1.82) is 0 Å². The zero-order chi connectivity index (χ0) is 9.73. The highest BCUT2D eigenvalue weighted by atomic mass is 16.5. The lowest BCUT2D eigenvalue weighted by Gasteiger charge is -2.37. The van der Waals surface area contributed by atoms with Gasteiger partial charge in [-0.1, -0.05) is 26.2 Å². The highest BCUT2D eigenvalue weighted by molar-refractivity contribution is 4.84. The minimum absolute atomic E-state index is 0.118. The molecule has 1 atom stereocenters. The van der Waals surface area contributed by atoms with E-state index in [1.165, 1.54) is 19.3 Å². The van der Waals surface area contributed by atoms with Crippen LogP contribution < -0.4 is 0 Å². The first-order valence-electron chi connectivity index (χ1n) is 5.45. The smallest absolute Gasteiger partial charge is 0.0827 e. The Morgan fingerprint density at radius 3 is 2.46 bits per heavy atom. The monoisotopic (exact) mass is 186 g/mol. The van der Waals surface area contributed by atoms with Crippen molar-refractivity contribution in [3.8, 4) is 0 Å². The van der Waals surface area contributed by atoms with Crippen LogP contribution in [0.1, 0.15) is 46.0 Å². The van der Waals surface area contributed by atoms with Crippen LogP contribution in [0.2, 0.25) is 0 Å². The molecule has 0 radical (unpaired) electrons. The van der Waals surface area contributed by atoms with Gasteiger partial charge in [0, 0.05) is 6.61 Å². The number of ether oxygens (including phenoxy) is 1.